The number of nitrogens with zero attached hydrogens (tertiary/aromatic N) is 1. The predicted molar refractivity (Wildman–Crippen MR) is 71.2 cm³/mol. The van der Waals surface area contributed by atoms with Crippen molar-refractivity contribution >= 4 is 11.6 Å². The fraction of sp³-hybridized carbons (Fsp3) is 0.500. The van der Waals surface area contributed by atoms with E-state index in [4.69, 9.17) is 5.73 Å². The van der Waals surface area contributed by atoms with Gasteiger partial charge in [0.25, 0.3) is 5.91 Å². The molecular formula is C14H19FN2O2. The molecule has 0 radical (unpaired) electrons. The van der Waals surface area contributed by atoms with Crippen LogP contribution in [-0.2, 0) is 0 Å². The number of carbonyl (C=O) groups excluding carboxylic acids is 1. The second-order valence-electron chi connectivity index (χ2n) is 5.07. The van der Waals surface area contributed by atoms with Crippen LogP contribution in [-0.4, -0.2) is 35.1 Å². The Bertz CT molecular complexity index is 479. The van der Waals surface area contributed by atoms with Crippen molar-refractivity contribution in [1.82, 2.24) is 4.90 Å². The molecule has 1 saturated carbocycles. The van der Waals surface area contributed by atoms with Crippen LogP contribution >= 0.6 is 0 Å². The summed E-state index contributed by atoms with van der Waals surface area (Å²) in [5, 5.41) is 9.94. The number of nitrogen functional groups attached to an aromatic ring is 1. The minimum Gasteiger partial charge on any atom is -0.399 e. The molecule has 4 nitrogen and oxygen atoms in total. The molecule has 0 bridgehead atoms. The van der Waals surface area contributed by atoms with Crippen LogP contribution in [0.25, 0.3) is 0 Å². The highest BCUT2D eigenvalue weighted by Crippen LogP contribution is 2.24. The number of anilines is 1. The fourth-order valence-corrected chi connectivity index (χ4v) is 2.59. The molecule has 0 aromatic heterocycles. The summed E-state index contributed by atoms with van der Waals surface area (Å²) in [7, 11) is 1.61. The molecule has 0 heterocycles. The summed E-state index contributed by atoms with van der Waals surface area (Å²) in [6, 6.07) is 3.79. The van der Waals surface area contributed by atoms with Gasteiger partial charge in [-0.1, -0.05) is 12.8 Å². The van der Waals surface area contributed by atoms with E-state index in [1.165, 1.54) is 17.0 Å². The van der Waals surface area contributed by atoms with E-state index >= 15 is 0 Å². The van der Waals surface area contributed by atoms with E-state index in [1.807, 2.05) is 0 Å². The largest absolute Gasteiger partial charge is 0.399 e. The summed E-state index contributed by atoms with van der Waals surface area (Å²) >= 11 is 0. The maximum Gasteiger partial charge on any atom is 0.256 e. The highest BCUT2D eigenvalue weighted by atomic mass is 19.1. The molecule has 2 unspecified atom stereocenters. The Morgan fingerprint density at radius 3 is 2.74 bits per heavy atom. The van der Waals surface area contributed by atoms with Crippen LogP contribution in [0.5, 0.6) is 0 Å². The van der Waals surface area contributed by atoms with Crippen molar-refractivity contribution in [2.24, 2.45) is 0 Å². The third-order valence-electron chi connectivity index (χ3n) is 3.74. The second-order valence-corrected chi connectivity index (χ2v) is 5.07. The number of likely N-dealkylation sites (N-methyl/N-ethyl adjacent to an activating group) is 1. The van der Waals surface area contributed by atoms with E-state index in [-0.39, 0.29) is 17.3 Å². The first-order valence-corrected chi connectivity index (χ1v) is 6.51. The van der Waals surface area contributed by atoms with Gasteiger partial charge in [-0.15, -0.1) is 0 Å². The van der Waals surface area contributed by atoms with Gasteiger partial charge in [-0.25, -0.2) is 4.39 Å². The van der Waals surface area contributed by atoms with Crippen molar-refractivity contribution in [3.05, 3.63) is 29.6 Å². The van der Waals surface area contributed by atoms with Crippen molar-refractivity contribution < 1.29 is 14.3 Å². The lowest BCUT2D eigenvalue weighted by molar-refractivity contribution is 0.0265. The van der Waals surface area contributed by atoms with Gasteiger partial charge in [0.2, 0.25) is 0 Å². The summed E-state index contributed by atoms with van der Waals surface area (Å²) in [4.78, 5) is 13.7. The third kappa shape index (κ3) is 2.87. The van der Waals surface area contributed by atoms with Crippen molar-refractivity contribution in [1.29, 1.82) is 0 Å². The van der Waals surface area contributed by atoms with Gasteiger partial charge in [-0.05, 0) is 31.0 Å². The molecule has 5 heteroatoms. The number of hydrogen-bond donors (Lipinski definition) is 2. The molecule has 1 aromatic rings. The monoisotopic (exact) mass is 266 g/mol. The summed E-state index contributed by atoms with van der Waals surface area (Å²) in [6.07, 6.45) is 2.85. The number of aliphatic hydroxyl groups is 1. The summed E-state index contributed by atoms with van der Waals surface area (Å²) < 4.78 is 13.7. The second kappa shape index (κ2) is 5.57. The van der Waals surface area contributed by atoms with Gasteiger partial charge in [0.15, 0.2) is 0 Å². The van der Waals surface area contributed by atoms with Crippen molar-refractivity contribution in [3.63, 3.8) is 0 Å². The standard InChI is InChI=1S/C14H19FN2O2/c1-17(12-4-2-3-5-13(12)18)14(19)10-7-6-9(16)8-11(10)15/h6-8,12-13,18H,2-5,16H2,1H3. The van der Waals surface area contributed by atoms with Crippen LogP contribution in [0.4, 0.5) is 10.1 Å². The van der Waals surface area contributed by atoms with Gasteiger partial charge < -0.3 is 15.7 Å². The number of halogens is 1. The Kier molecular flexibility index (Phi) is 4.04. The molecule has 1 amide bonds. The average molecular weight is 266 g/mol. The van der Waals surface area contributed by atoms with Gasteiger partial charge >= 0.3 is 0 Å². The number of carbonyl (C=O) groups is 1. The van der Waals surface area contributed by atoms with E-state index in [9.17, 15) is 14.3 Å². The van der Waals surface area contributed by atoms with Gasteiger partial charge in [0.1, 0.15) is 5.82 Å². The molecule has 1 aliphatic rings. The molecule has 104 valence electrons. The van der Waals surface area contributed by atoms with Gasteiger partial charge in [-0.2, -0.15) is 0 Å². The average Bonchev–Trinajstić information content (AvgIpc) is 2.38. The van der Waals surface area contributed by atoms with Gasteiger partial charge in [0, 0.05) is 12.7 Å². The Morgan fingerprint density at radius 2 is 2.11 bits per heavy atom. The molecule has 2 rings (SSSR count). The quantitative estimate of drug-likeness (QED) is 0.802. The minimum absolute atomic E-state index is 0.00512. The Morgan fingerprint density at radius 1 is 1.42 bits per heavy atom. The lowest BCUT2D eigenvalue weighted by atomic mass is 9.91. The van der Waals surface area contributed by atoms with Crippen LogP contribution < -0.4 is 5.73 Å². The maximum atomic E-state index is 13.7. The number of benzene rings is 1. The third-order valence-corrected chi connectivity index (χ3v) is 3.74. The molecule has 1 aliphatic carbocycles. The van der Waals surface area contributed by atoms with Gasteiger partial charge in [0.05, 0.1) is 17.7 Å². The first-order valence-electron chi connectivity index (χ1n) is 6.51. The molecule has 0 aliphatic heterocycles. The van der Waals surface area contributed by atoms with E-state index in [1.54, 1.807) is 7.05 Å². The lowest BCUT2D eigenvalue weighted by Gasteiger charge is -2.35. The molecule has 0 spiro atoms. The normalized spacial score (nSPS) is 23.1. The van der Waals surface area contributed by atoms with Gasteiger partial charge in [-0.3, -0.25) is 4.79 Å². The Labute approximate surface area is 112 Å². The van der Waals surface area contributed by atoms with Crippen LogP contribution in [0.3, 0.4) is 0 Å². The van der Waals surface area contributed by atoms with E-state index in [2.05, 4.69) is 0 Å². The number of hydrogen-bond acceptors (Lipinski definition) is 3. The topological polar surface area (TPSA) is 66.6 Å². The zero-order valence-corrected chi connectivity index (χ0v) is 11.0. The van der Waals surface area contributed by atoms with E-state index < -0.39 is 17.8 Å². The smallest absolute Gasteiger partial charge is 0.256 e. The minimum atomic E-state index is -0.623. The molecular weight excluding hydrogens is 247 g/mol. The predicted octanol–water partition coefficient (Wildman–Crippen LogP) is 1.78. The molecule has 3 N–H and O–H groups in total. The van der Waals surface area contributed by atoms with Crippen molar-refractivity contribution in [2.75, 3.05) is 12.8 Å². The Hall–Kier alpha value is -1.62. The number of amides is 1. The SMILES string of the molecule is CN(C(=O)c1ccc(N)cc1F)C1CCCCC1O. The summed E-state index contributed by atoms with van der Waals surface area (Å²) in [5.41, 5.74) is 5.75. The summed E-state index contributed by atoms with van der Waals surface area (Å²) in [6.45, 7) is 0. The molecule has 0 saturated heterocycles. The highest BCUT2D eigenvalue weighted by molar-refractivity contribution is 5.94. The van der Waals surface area contributed by atoms with Crippen LogP contribution in [0, 0.1) is 5.82 Å². The Balaban J connectivity index is 2.18. The van der Waals surface area contributed by atoms with Crippen LogP contribution in [0.15, 0.2) is 18.2 Å². The first kappa shape index (κ1) is 13.8. The number of rotatable bonds is 2. The van der Waals surface area contributed by atoms with Crippen molar-refractivity contribution in [3.8, 4) is 0 Å². The van der Waals surface area contributed by atoms with Crippen LogP contribution in [0.1, 0.15) is 36.0 Å². The number of nitrogens with two attached hydrogens (primary N) is 1. The van der Waals surface area contributed by atoms with E-state index in [0.29, 0.717) is 6.42 Å². The molecule has 1 fully saturated rings. The van der Waals surface area contributed by atoms with Crippen LogP contribution in [0.2, 0.25) is 0 Å². The maximum absolute atomic E-state index is 13.7. The molecule has 2 atom stereocenters. The molecule has 1 aromatic carbocycles. The zero-order chi connectivity index (χ0) is 14.0. The van der Waals surface area contributed by atoms with Crippen molar-refractivity contribution in [2.45, 2.75) is 37.8 Å². The number of aliphatic hydroxyl groups excluding tert-OH is 1. The zero-order valence-electron chi connectivity index (χ0n) is 11.0. The molecule has 19 heavy (non-hydrogen) atoms. The summed E-state index contributed by atoms with van der Waals surface area (Å²) in [5.74, 6) is -1.04. The first-order chi connectivity index (χ1) is 9.00. The van der Waals surface area contributed by atoms with E-state index in [0.717, 1.165) is 25.3 Å². The lowest BCUT2D eigenvalue weighted by Crippen LogP contribution is -2.46. The highest BCUT2D eigenvalue weighted by Gasteiger charge is 2.30. The fourth-order valence-electron chi connectivity index (χ4n) is 2.59.